The average molecular weight is 294 g/mol. The van der Waals surface area contributed by atoms with Gasteiger partial charge in [0.15, 0.2) is 6.33 Å². The molecular formula is C13H12ClN3OS. The highest BCUT2D eigenvalue weighted by molar-refractivity contribution is 7.19. The van der Waals surface area contributed by atoms with Crippen LogP contribution in [-0.2, 0) is 13.0 Å². The number of nitrogens with one attached hydrogen (secondary N) is 1. The summed E-state index contributed by atoms with van der Waals surface area (Å²) in [6.45, 7) is 1.54. The van der Waals surface area contributed by atoms with E-state index in [1.807, 2.05) is 12.1 Å². The molecule has 0 radical (unpaired) electrons. The van der Waals surface area contributed by atoms with E-state index in [4.69, 9.17) is 16.1 Å². The molecule has 0 saturated carbocycles. The predicted octanol–water partition coefficient (Wildman–Crippen LogP) is 3.27. The summed E-state index contributed by atoms with van der Waals surface area (Å²) in [7, 11) is 0. The zero-order valence-electron chi connectivity index (χ0n) is 10.1. The molecule has 6 heteroatoms. The van der Waals surface area contributed by atoms with Crippen LogP contribution in [0.15, 0.2) is 35.1 Å². The molecule has 98 valence electrons. The second-order valence-electron chi connectivity index (χ2n) is 4.10. The van der Waals surface area contributed by atoms with Gasteiger partial charge in [0.1, 0.15) is 0 Å². The number of aromatic nitrogens is 2. The van der Waals surface area contributed by atoms with E-state index >= 15 is 0 Å². The normalized spacial score (nSPS) is 11.2. The van der Waals surface area contributed by atoms with Gasteiger partial charge >= 0.3 is 0 Å². The van der Waals surface area contributed by atoms with Gasteiger partial charge < -0.3 is 9.84 Å². The first kappa shape index (κ1) is 12.6. The maximum Gasteiger partial charge on any atom is 0.227 e. The third-order valence-electron chi connectivity index (χ3n) is 2.81. The van der Waals surface area contributed by atoms with Crippen LogP contribution < -0.4 is 5.32 Å². The summed E-state index contributed by atoms with van der Waals surface area (Å²) in [4.78, 5) is 5.13. The number of thiophene rings is 1. The fourth-order valence-electron chi connectivity index (χ4n) is 1.88. The van der Waals surface area contributed by atoms with Gasteiger partial charge in [-0.15, -0.1) is 11.3 Å². The number of rotatable bonds is 5. The maximum absolute atomic E-state index is 6.37. The molecule has 0 aliphatic carbocycles. The zero-order valence-corrected chi connectivity index (χ0v) is 11.7. The minimum atomic E-state index is 0.648. The van der Waals surface area contributed by atoms with Crippen molar-refractivity contribution in [1.29, 1.82) is 0 Å². The lowest BCUT2D eigenvalue weighted by Crippen LogP contribution is -2.16. The number of fused-ring (bicyclic) bond motifs is 1. The van der Waals surface area contributed by atoms with Crippen LogP contribution in [0.1, 0.15) is 10.8 Å². The van der Waals surface area contributed by atoms with Gasteiger partial charge in [-0.3, -0.25) is 0 Å². The van der Waals surface area contributed by atoms with E-state index < -0.39 is 0 Å². The molecular weight excluding hydrogens is 282 g/mol. The SMILES string of the molecule is Clc1c(CNCCc2ncno2)sc2ccccc12. The number of hydrogen-bond acceptors (Lipinski definition) is 5. The van der Waals surface area contributed by atoms with Gasteiger partial charge in [-0.25, -0.2) is 0 Å². The van der Waals surface area contributed by atoms with E-state index in [0.29, 0.717) is 5.89 Å². The van der Waals surface area contributed by atoms with Crippen molar-refractivity contribution in [2.24, 2.45) is 0 Å². The summed E-state index contributed by atoms with van der Waals surface area (Å²) in [6, 6.07) is 8.18. The predicted molar refractivity (Wildman–Crippen MR) is 76.5 cm³/mol. The first-order valence-corrected chi connectivity index (χ1v) is 7.16. The molecule has 4 nitrogen and oxygen atoms in total. The molecule has 0 fully saturated rings. The van der Waals surface area contributed by atoms with Crippen LogP contribution >= 0.6 is 22.9 Å². The fraction of sp³-hybridized carbons (Fsp3) is 0.231. The van der Waals surface area contributed by atoms with Crippen LogP contribution in [0.25, 0.3) is 10.1 Å². The Labute approximate surface area is 119 Å². The van der Waals surface area contributed by atoms with Gasteiger partial charge in [0.05, 0.1) is 5.02 Å². The standard InChI is InChI=1S/C13H12ClN3OS/c14-13-9-3-1-2-4-10(9)19-11(13)7-15-6-5-12-16-8-17-18-12/h1-4,8,15H,5-7H2. The van der Waals surface area contributed by atoms with Crippen molar-refractivity contribution >= 4 is 33.0 Å². The van der Waals surface area contributed by atoms with Crippen molar-refractivity contribution in [2.45, 2.75) is 13.0 Å². The third kappa shape index (κ3) is 2.78. The summed E-state index contributed by atoms with van der Waals surface area (Å²) in [5.41, 5.74) is 0. The van der Waals surface area contributed by atoms with E-state index in [-0.39, 0.29) is 0 Å². The molecule has 0 saturated heterocycles. The molecule has 0 atom stereocenters. The van der Waals surface area contributed by atoms with Crippen LogP contribution in [0.3, 0.4) is 0 Å². The van der Waals surface area contributed by atoms with Crippen LogP contribution in [0.4, 0.5) is 0 Å². The molecule has 3 aromatic rings. The number of nitrogens with zero attached hydrogens (tertiary/aromatic N) is 2. The van der Waals surface area contributed by atoms with Crippen LogP contribution in [0.5, 0.6) is 0 Å². The number of hydrogen-bond donors (Lipinski definition) is 1. The number of halogens is 1. The Morgan fingerprint density at radius 3 is 3.00 bits per heavy atom. The van der Waals surface area contributed by atoms with Crippen LogP contribution in [-0.4, -0.2) is 16.7 Å². The molecule has 0 amide bonds. The van der Waals surface area contributed by atoms with E-state index in [9.17, 15) is 0 Å². The second kappa shape index (κ2) is 5.69. The summed E-state index contributed by atoms with van der Waals surface area (Å²) < 4.78 is 6.16. The molecule has 0 unspecified atom stereocenters. The van der Waals surface area contributed by atoms with E-state index in [2.05, 4.69) is 27.6 Å². The fourth-order valence-corrected chi connectivity index (χ4v) is 3.35. The molecule has 2 heterocycles. The summed E-state index contributed by atoms with van der Waals surface area (Å²) >= 11 is 8.09. The highest BCUT2D eigenvalue weighted by atomic mass is 35.5. The van der Waals surface area contributed by atoms with E-state index in [1.54, 1.807) is 11.3 Å². The molecule has 0 spiro atoms. The highest BCUT2D eigenvalue weighted by Gasteiger charge is 2.09. The first-order chi connectivity index (χ1) is 9.34. The van der Waals surface area contributed by atoms with Crippen LogP contribution in [0, 0.1) is 0 Å². The second-order valence-corrected chi connectivity index (χ2v) is 5.61. The first-order valence-electron chi connectivity index (χ1n) is 5.97. The van der Waals surface area contributed by atoms with Gasteiger partial charge in [-0.1, -0.05) is 35.0 Å². The monoisotopic (exact) mass is 293 g/mol. The smallest absolute Gasteiger partial charge is 0.227 e. The Bertz CT molecular complexity index is 666. The van der Waals surface area contributed by atoms with Gasteiger partial charge in [-0.05, 0) is 6.07 Å². The molecule has 1 N–H and O–H groups in total. The van der Waals surface area contributed by atoms with Gasteiger partial charge in [0, 0.05) is 34.5 Å². The molecule has 0 aliphatic rings. The molecule has 2 aromatic heterocycles. The van der Waals surface area contributed by atoms with Crippen molar-refractivity contribution in [2.75, 3.05) is 6.54 Å². The van der Waals surface area contributed by atoms with Crippen molar-refractivity contribution in [1.82, 2.24) is 15.5 Å². The minimum absolute atomic E-state index is 0.648. The summed E-state index contributed by atoms with van der Waals surface area (Å²) in [5.74, 6) is 0.648. The van der Waals surface area contributed by atoms with Crippen molar-refractivity contribution in [3.8, 4) is 0 Å². The minimum Gasteiger partial charge on any atom is -0.340 e. The lowest BCUT2D eigenvalue weighted by molar-refractivity contribution is 0.375. The largest absolute Gasteiger partial charge is 0.340 e. The lowest BCUT2D eigenvalue weighted by Gasteiger charge is -2.01. The summed E-state index contributed by atoms with van der Waals surface area (Å²) in [5, 5.41) is 8.89. The van der Waals surface area contributed by atoms with Crippen molar-refractivity contribution in [3.63, 3.8) is 0 Å². The Morgan fingerprint density at radius 1 is 1.32 bits per heavy atom. The molecule has 0 aliphatic heterocycles. The Balaban J connectivity index is 1.61. The highest BCUT2D eigenvalue weighted by Crippen LogP contribution is 2.34. The average Bonchev–Trinajstić information content (AvgIpc) is 3.04. The van der Waals surface area contributed by atoms with Gasteiger partial charge in [-0.2, -0.15) is 4.98 Å². The summed E-state index contributed by atoms with van der Waals surface area (Å²) in [6.07, 6.45) is 2.14. The van der Waals surface area contributed by atoms with Gasteiger partial charge in [0.25, 0.3) is 0 Å². The number of benzene rings is 1. The zero-order chi connectivity index (χ0) is 13.1. The van der Waals surface area contributed by atoms with Crippen molar-refractivity contribution < 1.29 is 4.52 Å². The van der Waals surface area contributed by atoms with E-state index in [1.165, 1.54) is 11.0 Å². The Kier molecular flexibility index (Phi) is 3.77. The van der Waals surface area contributed by atoms with Gasteiger partial charge in [0.2, 0.25) is 5.89 Å². The molecule has 1 aromatic carbocycles. The van der Waals surface area contributed by atoms with Crippen LogP contribution in [0.2, 0.25) is 5.02 Å². The Hall–Kier alpha value is -1.43. The molecule has 0 bridgehead atoms. The molecule has 3 rings (SSSR count). The van der Waals surface area contributed by atoms with Crippen molar-refractivity contribution in [3.05, 3.63) is 46.4 Å². The lowest BCUT2D eigenvalue weighted by atomic mass is 10.2. The maximum atomic E-state index is 6.37. The quantitative estimate of drug-likeness (QED) is 0.734. The topological polar surface area (TPSA) is 51.0 Å². The molecule has 19 heavy (non-hydrogen) atoms. The Morgan fingerprint density at radius 2 is 2.21 bits per heavy atom. The van der Waals surface area contributed by atoms with E-state index in [0.717, 1.165) is 34.8 Å². The third-order valence-corrected chi connectivity index (χ3v) is 4.52.